The monoisotopic (exact) mass is 435 g/mol. The number of nitrogens with zero attached hydrogens (tertiary/aromatic N) is 1. The second-order valence-corrected chi connectivity index (χ2v) is 9.11. The van der Waals surface area contributed by atoms with Crippen LogP contribution in [0.1, 0.15) is 37.0 Å². The van der Waals surface area contributed by atoms with E-state index >= 15 is 0 Å². The number of para-hydroxylation sites is 1. The molecule has 3 rings (SSSR count). The predicted octanol–water partition coefficient (Wildman–Crippen LogP) is 3.37. The molecule has 0 spiro atoms. The second-order valence-electron chi connectivity index (χ2n) is 7.42. The minimum absolute atomic E-state index is 0.0792. The lowest BCUT2D eigenvalue weighted by Crippen LogP contribution is -2.30. The summed E-state index contributed by atoms with van der Waals surface area (Å²) < 4.78 is 47.5. The summed E-state index contributed by atoms with van der Waals surface area (Å²) in [7, 11) is -2.55. The van der Waals surface area contributed by atoms with Crippen molar-refractivity contribution in [3.05, 3.63) is 47.8 Å². The van der Waals surface area contributed by atoms with Gasteiger partial charge in [0.05, 0.1) is 12.8 Å². The fraction of sp³-hybridized carbons (Fsp3) is 0.381. The summed E-state index contributed by atoms with van der Waals surface area (Å²) >= 11 is 0. The Morgan fingerprint density at radius 3 is 2.50 bits per heavy atom. The molecule has 0 aliphatic carbocycles. The molecule has 30 heavy (non-hydrogen) atoms. The van der Waals surface area contributed by atoms with Crippen molar-refractivity contribution < 1.29 is 22.3 Å². The van der Waals surface area contributed by atoms with E-state index in [9.17, 15) is 17.6 Å². The highest BCUT2D eigenvalue weighted by molar-refractivity contribution is 7.89. The van der Waals surface area contributed by atoms with Crippen LogP contribution in [-0.2, 0) is 10.0 Å². The number of anilines is 2. The quantitative estimate of drug-likeness (QED) is 0.696. The van der Waals surface area contributed by atoms with Gasteiger partial charge in [-0.3, -0.25) is 4.79 Å². The molecular weight excluding hydrogens is 409 g/mol. The fourth-order valence-electron chi connectivity index (χ4n) is 3.45. The van der Waals surface area contributed by atoms with Crippen LogP contribution in [0, 0.1) is 5.82 Å². The van der Waals surface area contributed by atoms with Gasteiger partial charge in [-0.25, -0.2) is 17.5 Å². The largest absolute Gasteiger partial charge is 0.495 e. The van der Waals surface area contributed by atoms with E-state index < -0.39 is 21.7 Å². The number of nitrogens with one attached hydrogen (secondary N) is 2. The third kappa shape index (κ3) is 4.73. The number of hydrogen-bond donors (Lipinski definition) is 2. The molecule has 0 aromatic heterocycles. The lowest BCUT2D eigenvalue weighted by molar-refractivity contribution is 0.102. The van der Waals surface area contributed by atoms with Crippen LogP contribution in [-0.4, -0.2) is 40.6 Å². The SMILES string of the molecule is COc1ccc(C(=O)Nc2c(F)cccc2N2CCCC2)cc1S(=O)(=O)NC(C)C. The van der Waals surface area contributed by atoms with Crippen molar-refractivity contribution in [1.82, 2.24) is 4.72 Å². The molecule has 1 fully saturated rings. The summed E-state index contributed by atoms with van der Waals surface area (Å²) in [6.45, 7) is 4.97. The molecule has 2 aromatic carbocycles. The van der Waals surface area contributed by atoms with Crippen LogP contribution in [0.15, 0.2) is 41.3 Å². The number of rotatable bonds is 7. The van der Waals surface area contributed by atoms with E-state index in [1.165, 1.54) is 31.4 Å². The van der Waals surface area contributed by atoms with Crippen molar-refractivity contribution in [3.8, 4) is 5.75 Å². The highest BCUT2D eigenvalue weighted by Gasteiger charge is 2.24. The molecule has 9 heteroatoms. The molecule has 1 aliphatic heterocycles. The molecule has 2 N–H and O–H groups in total. The Balaban J connectivity index is 1.95. The van der Waals surface area contributed by atoms with Crippen LogP contribution in [0.25, 0.3) is 0 Å². The zero-order chi connectivity index (χ0) is 21.9. The molecule has 1 heterocycles. The maximum Gasteiger partial charge on any atom is 0.255 e. The molecule has 1 saturated heterocycles. The summed E-state index contributed by atoms with van der Waals surface area (Å²) in [6, 6.07) is 8.40. The molecule has 0 atom stereocenters. The van der Waals surface area contributed by atoms with E-state index in [1.807, 2.05) is 4.90 Å². The first-order valence-electron chi connectivity index (χ1n) is 9.78. The topological polar surface area (TPSA) is 87.7 Å². The van der Waals surface area contributed by atoms with Crippen molar-refractivity contribution in [2.75, 3.05) is 30.4 Å². The Hall–Kier alpha value is -2.65. The van der Waals surface area contributed by atoms with Crippen LogP contribution in [0.5, 0.6) is 5.75 Å². The van der Waals surface area contributed by atoms with Gasteiger partial charge in [-0.1, -0.05) is 6.07 Å². The minimum Gasteiger partial charge on any atom is -0.495 e. The van der Waals surface area contributed by atoms with E-state index in [0.29, 0.717) is 5.69 Å². The van der Waals surface area contributed by atoms with Crippen molar-refractivity contribution >= 4 is 27.3 Å². The lowest BCUT2D eigenvalue weighted by Gasteiger charge is -2.22. The van der Waals surface area contributed by atoms with Crippen LogP contribution in [0.4, 0.5) is 15.8 Å². The second kappa shape index (κ2) is 9.01. The van der Waals surface area contributed by atoms with Gasteiger partial charge in [0, 0.05) is 24.7 Å². The average molecular weight is 436 g/mol. The highest BCUT2D eigenvalue weighted by atomic mass is 32.2. The predicted molar refractivity (Wildman–Crippen MR) is 114 cm³/mol. The summed E-state index contributed by atoms with van der Waals surface area (Å²) in [6.07, 6.45) is 2.01. The smallest absolute Gasteiger partial charge is 0.255 e. The Kier molecular flexibility index (Phi) is 6.62. The number of hydrogen-bond acceptors (Lipinski definition) is 5. The summed E-state index contributed by atoms with van der Waals surface area (Å²) in [5.41, 5.74) is 0.782. The van der Waals surface area contributed by atoms with E-state index in [0.717, 1.165) is 25.9 Å². The van der Waals surface area contributed by atoms with Crippen LogP contribution >= 0.6 is 0 Å². The van der Waals surface area contributed by atoms with Crippen molar-refractivity contribution in [2.45, 2.75) is 37.6 Å². The van der Waals surface area contributed by atoms with Gasteiger partial charge in [0.2, 0.25) is 10.0 Å². The first-order valence-corrected chi connectivity index (χ1v) is 11.3. The number of methoxy groups -OCH3 is 1. The maximum atomic E-state index is 14.5. The molecule has 0 bridgehead atoms. The van der Waals surface area contributed by atoms with Gasteiger partial charge >= 0.3 is 0 Å². The van der Waals surface area contributed by atoms with Crippen LogP contribution in [0.2, 0.25) is 0 Å². The summed E-state index contributed by atoms with van der Waals surface area (Å²) in [4.78, 5) is 14.8. The molecule has 0 radical (unpaired) electrons. The third-order valence-corrected chi connectivity index (χ3v) is 6.46. The number of carbonyl (C=O) groups excluding carboxylic acids is 1. The number of benzene rings is 2. The van der Waals surface area contributed by atoms with Crippen molar-refractivity contribution in [2.24, 2.45) is 0 Å². The lowest BCUT2D eigenvalue weighted by atomic mass is 10.1. The first-order chi connectivity index (χ1) is 14.2. The fourth-order valence-corrected chi connectivity index (χ4v) is 4.89. The Morgan fingerprint density at radius 1 is 1.17 bits per heavy atom. The van der Waals surface area contributed by atoms with E-state index in [-0.39, 0.29) is 27.9 Å². The van der Waals surface area contributed by atoms with Gasteiger partial charge in [-0.2, -0.15) is 0 Å². The zero-order valence-corrected chi connectivity index (χ0v) is 18.1. The number of ether oxygens (including phenoxy) is 1. The van der Waals surface area contributed by atoms with E-state index in [1.54, 1.807) is 26.0 Å². The first kappa shape index (κ1) is 22.0. The van der Waals surface area contributed by atoms with Gasteiger partial charge in [0.25, 0.3) is 5.91 Å². The van der Waals surface area contributed by atoms with Gasteiger partial charge in [-0.05, 0) is 57.0 Å². The van der Waals surface area contributed by atoms with Gasteiger partial charge in [0.15, 0.2) is 0 Å². The van der Waals surface area contributed by atoms with Crippen LogP contribution in [0.3, 0.4) is 0 Å². The minimum atomic E-state index is -3.90. The molecular formula is C21H26FN3O4S. The Morgan fingerprint density at radius 2 is 1.87 bits per heavy atom. The van der Waals surface area contributed by atoms with E-state index in [2.05, 4.69) is 10.0 Å². The standard InChI is InChI=1S/C21H26FN3O4S/c1-14(2)24-30(27,28)19-13-15(9-10-18(19)29-3)21(26)23-20-16(22)7-6-8-17(20)25-11-4-5-12-25/h6-10,13-14,24H,4-5,11-12H2,1-3H3,(H,23,26). The molecule has 162 valence electrons. The van der Waals surface area contributed by atoms with Crippen LogP contribution < -0.4 is 19.7 Å². The number of sulfonamides is 1. The highest BCUT2D eigenvalue weighted by Crippen LogP contribution is 2.32. The molecule has 0 unspecified atom stereocenters. The zero-order valence-electron chi connectivity index (χ0n) is 17.2. The van der Waals surface area contributed by atoms with Gasteiger partial charge in [-0.15, -0.1) is 0 Å². The Labute approximate surface area is 176 Å². The summed E-state index contributed by atoms with van der Waals surface area (Å²) in [5.74, 6) is -1.04. The third-order valence-electron chi connectivity index (χ3n) is 4.78. The molecule has 7 nitrogen and oxygen atoms in total. The van der Waals surface area contributed by atoms with Gasteiger partial charge < -0.3 is 15.0 Å². The Bertz CT molecular complexity index is 1030. The number of halogens is 1. The molecule has 0 saturated carbocycles. The number of carbonyl (C=O) groups is 1. The van der Waals surface area contributed by atoms with Crippen molar-refractivity contribution in [1.29, 1.82) is 0 Å². The molecule has 1 amide bonds. The maximum absolute atomic E-state index is 14.5. The molecule has 1 aliphatic rings. The normalized spacial score (nSPS) is 14.2. The number of amides is 1. The molecule has 2 aromatic rings. The van der Waals surface area contributed by atoms with E-state index in [4.69, 9.17) is 4.74 Å². The van der Waals surface area contributed by atoms with Gasteiger partial charge in [0.1, 0.15) is 22.1 Å². The summed E-state index contributed by atoms with van der Waals surface area (Å²) in [5, 5.41) is 2.62. The average Bonchev–Trinajstić information content (AvgIpc) is 3.22. The van der Waals surface area contributed by atoms with Crippen molar-refractivity contribution in [3.63, 3.8) is 0 Å².